The third-order valence-electron chi connectivity index (χ3n) is 2.82. The molecule has 0 saturated heterocycles. The highest BCUT2D eigenvalue weighted by Gasteiger charge is 2.04. The van der Waals surface area contributed by atoms with Crippen LogP contribution in [0.5, 0.6) is 0 Å². The summed E-state index contributed by atoms with van der Waals surface area (Å²) in [6.45, 7) is 4.14. The first kappa shape index (κ1) is 11.3. The van der Waals surface area contributed by atoms with Gasteiger partial charge in [0.25, 0.3) is 0 Å². The van der Waals surface area contributed by atoms with Gasteiger partial charge in [-0.25, -0.2) is 0 Å². The van der Waals surface area contributed by atoms with Gasteiger partial charge in [0.2, 0.25) is 0 Å². The van der Waals surface area contributed by atoms with Crippen molar-refractivity contribution in [3.05, 3.63) is 47.5 Å². The normalized spacial score (nSPS) is 10.2. The summed E-state index contributed by atoms with van der Waals surface area (Å²) in [5.74, 6) is 0. The van der Waals surface area contributed by atoms with Crippen LogP contribution in [0.3, 0.4) is 0 Å². The maximum absolute atomic E-state index is 5.93. The second-order valence-corrected chi connectivity index (χ2v) is 4.24. The fourth-order valence-electron chi connectivity index (χ4n) is 1.84. The summed E-state index contributed by atoms with van der Waals surface area (Å²) in [5, 5.41) is 3.36. The molecule has 0 spiro atoms. The summed E-state index contributed by atoms with van der Waals surface area (Å²) in [6.07, 6.45) is 0. The number of benzene rings is 2. The van der Waals surface area contributed by atoms with Crippen molar-refractivity contribution < 1.29 is 0 Å². The minimum absolute atomic E-state index is 0.660. The zero-order valence-electron chi connectivity index (χ0n) is 10.1. The molecule has 0 atom stereocenters. The minimum Gasteiger partial charge on any atom is -0.399 e. The van der Waals surface area contributed by atoms with Crippen molar-refractivity contribution in [2.75, 3.05) is 16.8 Å². The molecule has 0 unspecified atom stereocenters. The summed E-state index contributed by atoms with van der Waals surface area (Å²) in [7, 11) is 0. The first-order valence-electron chi connectivity index (χ1n) is 5.56. The summed E-state index contributed by atoms with van der Waals surface area (Å²) < 4.78 is 0. The highest BCUT2D eigenvalue weighted by molar-refractivity contribution is 5.77. The SMILES string of the molecule is Cc1cccc(C)c1Nc1ccc(N)cc1N. The van der Waals surface area contributed by atoms with Gasteiger partial charge >= 0.3 is 0 Å². The fourth-order valence-corrected chi connectivity index (χ4v) is 1.84. The third kappa shape index (κ3) is 2.33. The van der Waals surface area contributed by atoms with Crippen molar-refractivity contribution >= 4 is 22.7 Å². The first-order valence-corrected chi connectivity index (χ1v) is 5.56. The Morgan fingerprint density at radius 3 is 2.18 bits per heavy atom. The molecule has 0 heterocycles. The van der Waals surface area contributed by atoms with E-state index in [9.17, 15) is 0 Å². The molecule has 2 aromatic rings. The lowest BCUT2D eigenvalue weighted by molar-refractivity contribution is 1.36. The van der Waals surface area contributed by atoms with E-state index in [1.807, 2.05) is 18.2 Å². The average molecular weight is 227 g/mol. The lowest BCUT2D eigenvalue weighted by Crippen LogP contribution is -2.00. The van der Waals surface area contributed by atoms with Gasteiger partial charge in [0.05, 0.1) is 11.4 Å². The number of nitrogen functional groups attached to an aromatic ring is 2. The van der Waals surface area contributed by atoms with E-state index in [0.29, 0.717) is 11.4 Å². The summed E-state index contributed by atoms with van der Waals surface area (Å²) >= 11 is 0. The van der Waals surface area contributed by atoms with Crippen LogP contribution in [0.25, 0.3) is 0 Å². The van der Waals surface area contributed by atoms with Crippen molar-refractivity contribution in [2.24, 2.45) is 0 Å². The quantitative estimate of drug-likeness (QED) is 0.690. The van der Waals surface area contributed by atoms with Crippen LogP contribution in [0.1, 0.15) is 11.1 Å². The van der Waals surface area contributed by atoms with Crippen LogP contribution in [-0.2, 0) is 0 Å². The Morgan fingerprint density at radius 1 is 0.941 bits per heavy atom. The monoisotopic (exact) mass is 227 g/mol. The van der Waals surface area contributed by atoms with Crippen LogP contribution in [-0.4, -0.2) is 0 Å². The molecule has 2 aromatic carbocycles. The van der Waals surface area contributed by atoms with Crippen LogP contribution >= 0.6 is 0 Å². The molecule has 0 aliphatic rings. The summed E-state index contributed by atoms with van der Waals surface area (Å²) in [4.78, 5) is 0. The molecule has 3 heteroatoms. The lowest BCUT2D eigenvalue weighted by Gasteiger charge is -2.14. The Labute approximate surface area is 101 Å². The standard InChI is InChI=1S/C14H17N3/c1-9-4-3-5-10(2)14(9)17-13-7-6-11(15)8-12(13)16/h3-8,17H,15-16H2,1-2H3. The number of hydrogen-bond donors (Lipinski definition) is 3. The van der Waals surface area contributed by atoms with E-state index < -0.39 is 0 Å². The predicted molar refractivity (Wildman–Crippen MR) is 74.5 cm³/mol. The third-order valence-corrected chi connectivity index (χ3v) is 2.82. The van der Waals surface area contributed by atoms with Crippen LogP contribution < -0.4 is 16.8 Å². The molecular formula is C14H17N3. The predicted octanol–water partition coefficient (Wildman–Crippen LogP) is 3.21. The van der Waals surface area contributed by atoms with Crippen molar-refractivity contribution in [1.82, 2.24) is 0 Å². The molecule has 3 nitrogen and oxygen atoms in total. The highest BCUT2D eigenvalue weighted by Crippen LogP contribution is 2.28. The second kappa shape index (κ2) is 4.37. The molecule has 88 valence electrons. The van der Waals surface area contributed by atoms with Gasteiger partial charge in [-0.2, -0.15) is 0 Å². The summed E-state index contributed by atoms with van der Waals surface area (Å²) in [5.41, 5.74) is 17.3. The lowest BCUT2D eigenvalue weighted by atomic mass is 10.1. The molecule has 0 bridgehead atoms. The number of rotatable bonds is 2. The molecule has 5 N–H and O–H groups in total. The van der Waals surface area contributed by atoms with Crippen molar-refractivity contribution in [2.45, 2.75) is 13.8 Å². The van der Waals surface area contributed by atoms with Gasteiger partial charge in [-0.15, -0.1) is 0 Å². The Morgan fingerprint density at radius 2 is 1.59 bits per heavy atom. The van der Waals surface area contributed by atoms with Gasteiger partial charge in [0.1, 0.15) is 0 Å². The number of nitrogens with one attached hydrogen (secondary N) is 1. The number of nitrogens with two attached hydrogens (primary N) is 2. The van der Waals surface area contributed by atoms with Gasteiger partial charge in [0.15, 0.2) is 0 Å². The summed E-state index contributed by atoms with van der Waals surface area (Å²) in [6, 6.07) is 11.7. The van der Waals surface area contributed by atoms with E-state index in [1.165, 1.54) is 11.1 Å². The van der Waals surface area contributed by atoms with Gasteiger partial charge in [-0.1, -0.05) is 18.2 Å². The maximum Gasteiger partial charge on any atom is 0.0619 e. The number of para-hydroxylation sites is 1. The molecule has 0 aliphatic heterocycles. The topological polar surface area (TPSA) is 64.1 Å². The molecular weight excluding hydrogens is 210 g/mol. The average Bonchev–Trinajstić information content (AvgIpc) is 2.26. The Hall–Kier alpha value is -2.16. The van der Waals surface area contributed by atoms with E-state index >= 15 is 0 Å². The van der Waals surface area contributed by atoms with Crippen LogP contribution in [0.15, 0.2) is 36.4 Å². The zero-order chi connectivity index (χ0) is 12.4. The molecule has 0 radical (unpaired) electrons. The van der Waals surface area contributed by atoms with Crippen LogP contribution in [0, 0.1) is 13.8 Å². The van der Waals surface area contributed by atoms with E-state index in [1.54, 1.807) is 6.07 Å². The zero-order valence-corrected chi connectivity index (χ0v) is 10.1. The van der Waals surface area contributed by atoms with Gasteiger partial charge in [-0.05, 0) is 43.2 Å². The Bertz CT molecular complexity index is 527. The molecule has 0 aliphatic carbocycles. The van der Waals surface area contributed by atoms with E-state index in [0.717, 1.165) is 11.4 Å². The highest BCUT2D eigenvalue weighted by atomic mass is 14.9. The van der Waals surface area contributed by atoms with Crippen LogP contribution in [0.4, 0.5) is 22.7 Å². The van der Waals surface area contributed by atoms with Gasteiger partial charge < -0.3 is 16.8 Å². The molecule has 0 amide bonds. The second-order valence-electron chi connectivity index (χ2n) is 4.24. The maximum atomic E-state index is 5.93. The largest absolute Gasteiger partial charge is 0.399 e. The molecule has 0 saturated carbocycles. The van der Waals surface area contributed by atoms with Gasteiger partial charge in [-0.3, -0.25) is 0 Å². The van der Waals surface area contributed by atoms with Crippen molar-refractivity contribution in [3.63, 3.8) is 0 Å². The van der Waals surface area contributed by atoms with Gasteiger partial charge in [0, 0.05) is 11.4 Å². The Kier molecular flexibility index (Phi) is 2.91. The molecule has 0 aromatic heterocycles. The number of aryl methyl sites for hydroxylation is 2. The van der Waals surface area contributed by atoms with Crippen molar-refractivity contribution in [3.8, 4) is 0 Å². The van der Waals surface area contributed by atoms with E-state index in [4.69, 9.17) is 11.5 Å². The molecule has 0 fully saturated rings. The van der Waals surface area contributed by atoms with E-state index in [2.05, 4.69) is 31.3 Å². The fraction of sp³-hybridized carbons (Fsp3) is 0.143. The molecule has 2 rings (SSSR count). The minimum atomic E-state index is 0.660. The Balaban J connectivity index is 2.38. The number of anilines is 4. The van der Waals surface area contributed by atoms with Crippen LogP contribution in [0.2, 0.25) is 0 Å². The molecule has 17 heavy (non-hydrogen) atoms. The van der Waals surface area contributed by atoms with E-state index in [-0.39, 0.29) is 0 Å². The number of hydrogen-bond acceptors (Lipinski definition) is 3. The first-order chi connectivity index (χ1) is 8.08. The smallest absolute Gasteiger partial charge is 0.0619 e. The van der Waals surface area contributed by atoms with Crippen molar-refractivity contribution in [1.29, 1.82) is 0 Å².